The molecule has 172 valence electrons. The number of allylic oxidation sites excluding steroid dienone is 2. The molecule has 0 bridgehead atoms. The van der Waals surface area contributed by atoms with Gasteiger partial charge in [0.15, 0.2) is 0 Å². The largest absolute Gasteiger partial charge is 0.0642 e. The third-order valence-corrected chi connectivity index (χ3v) is 11.7. The van der Waals surface area contributed by atoms with Crippen LogP contribution in [-0.2, 0) is 0 Å². The van der Waals surface area contributed by atoms with Gasteiger partial charge in [-0.3, -0.25) is 0 Å². The lowest BCUT2D eigenvalue weighted by Gasteiger charge is -2.61. The third-order valence-electron chi connectivity index (χ3n) is 11.7. The molecule has 0 heteroatoms. The van der Waals surface area contributed by atoms with Crippen LogP contribution in [0.4, 0.5) is 0 Å². The second-order valence-corrected chi connectivity index (χ2v) is 14.0. The first-order valence-corrected chi connectivity index (χ1v) is 13.7. The Morgan fingerprint density at radius 1 is 0.800 bits per heavy atom. The zero-order chi connectivity index (χ0) is 21.9. The van der Waals surface area contributed by atoms with Gasteiger partial charge in [0, 0.05) is 0 Å². The highest BCUT2D eigenvalue weighted by Gasteiger charge is 2.62. The summed E-state index contributed by atoms with van der Waals surface area (Å²) in [6.07, 6.45) is 17.4. The normalized spacial score (nSPS) is 43.9. The molecule has 0 aliphatic heterocycles. The summed E-state index contributed by atoms with van der Waals surface area (Å²) >= 11 is 0. The van der Waals surface area contributed by atoms with Crippen molar-refractivity contribution in [2.75, 3.05) is 0 Å². The van der Waals surface area contributed by atoms with Gasteiger partial charge in [0.05, 0.1) is 0 Å². The molecule has 0 amide bonds. The molecular formula is C30H52. The molecule has 6 atom stereocenters. The van der Waals surface area contributed by atoms with Crippen molar-refractivity contribution in [2.45, 2.75) is 132 Å². The highest BCUT2D eigenvalue weighted by Crippen LogP contribution is 2.72. The minimum absolute atomic E-state index is 0.479. The molecule has 4 aliphatic carbocycles. The van der Waals surface area contributed by atoms with E-state index in [2.05, 4.69) is 55.4 Å². The first-order chi connectivity index (χ1) is 14.0. The van der Waals surface area contributed by atoms with Crippen LogP contribution in [-0.4, -0.2) is 0 Å². The van der Waals surface area contributed by atoms with Gasteiger partial charge in [0.1, 0.15) is 0 Å². The van der Waals surface area contributed by atoms with E-state index in [0.717, 1.165) is 23.7 Å². The molecule has 0 nitrogen and oxygen atoms in total. The highest BCUT2D eigenvalue weighted by atomic mass is 14.7. The van der Waals surface area contributed by atoms with Crippen molar-refractivity contribution in [2.24, 2.45) is 45.3 Å². The molecule has 2 fully saturated rings. The average molecular weight is 413 g/mol. The van der Waals surface area contributed by atoms with E-state index in [1.807, 2.05) is 11.1 Å². The molecule has 30 heavy (non-hydrogen) atoms. The van der Waals surface area contributed by atoms with Gasteiger partial charge in [-0.2, -0.15) is 0 Å². The molecule has 0 heterocycles. The number of rotatable bonds is 5. The zero-order valence-corrected chi connectivity index (χ0v) is 21.8. The van der Waals surface area contributed by atoms with Gasteiger partial charge >= 0.3 is 0 Å². The van der Waals surface area contributed by atoms with Gasteiger partial charge in [-0.1, -0.05) is 92.2 Å². The number of fused-ring (bicyclic) bond motifs is 4. The quantitative estimate of drug-likeness (QED) is 0.394. The van der Waals surface area contributed by atoms with Crippen molar-refractivity contribution in [1.82, 2.24) is 0 Å². The van der Waals surface area contributed by atoms with E-state index in [9.17, 15) is 0 Å². The summed E-state index contributed by atoms with van der Waals surface area (Å²) in [7, 11) is 0. The lowest BCUT2D eigenvalue weighted by atomic mass is 9.43. The SMILES string of the molecule is CC(C)CCCC(C)C1CCC2(C)C3=C(CCC12C)C1(C)CCCC(C)(C)C1CC3. The van der Waals surface area contributed by atoms with Crippen LogP contribution in [0.2, 0.25) is 0 Å². The predicted molar refractivity (Wildman–Crippen MR) is 132 cm³/mol. The Bertz CT molecular complexity index is 680. The van der Waals surface area contributed by atoms with Gasteiger partial charge in [0.25, 0.3) is 0 Å². The summed E-state index contributed by atoms with van der Waals surface area (Å²) in [5.74, 6) is 3.62. The fraction of sp³-hybridized carbons (Fsp3) is 0.933. The Labute approximate surface area is 189 Å². The molecule has 0 radical (unpaired) electrons. The van der Waals surface area contributed by atoms with E-state index in [1.165, 1.54) is 77.0 Å². The molecule has 4 aliphatic rings. The Hall–Kier alpha value is -0.260. The van der Waals surface area contributed by atoms with E-state index >= 15 is 0 Å². The van der Waals surface area contributed by atoms with E-state index in [-0.39, 0.29) is 0 Å². The fourth-order valence-corrected chi connectivity index (χ4v) is 9.78. The van der Waals surface area contributed by atoms with E-state index in [4.69, 9.17) is 0 Å². The van der Waals surface area contributed by atoms with Crippen molar-refractivity contribution >= 4 is 0 Å². The fourth-order valence-electron chi connectivity index (χ4n) is 9.78. The molecule has 0 N–H and O–H groups in total. The topological polar surface area (TPSA) is 0 Å². The van der Waals surface area contributed by atoms with E-state index in [0.29, 0.717) is 21.7 Å². The molecule has 2 saturated carbocycles. The standard InChI is InChI=1S/C30H52/c1-21(2)11-9-12-22(3)23-15-19-30(8)25-13-14-26-27(4,5)17-10-18-28(26,6)24(25)16-20-29(23,30)7/h21-23,26H,9-20H2,1-8H3. The minimum Gasteiger partial charge on any atom is -0.0642 e. The Kier molecular flexibility index (Phi) is 5.85. The molecular weight excluding hydrogens is 360 g/mol. The maximum Gasteiger partial charge on any atom is -0.00568 e. The lowest BCUT2D eigenvalue weighted by Crippen LogP contribution is -2.51. The highest BCUT2D eigenvalue weighted by molar-refractivity contribution is 5.38. The summed E-state index contributed by atoms with van der Waals surface area (Å²) in [5, 5.41) is 0. The second-order valence-electron chi connectivity index (χ2n) is 14.0. The molecule has 0 aromatic carbocycles. The molecule has 0 aromatic rings. The predicted octanol–water partition coefficient (Wildman–Crippen LogP) is 9.59. The van der Waals surface area contributed by atoms with Gasteiger partial charge in [-0.25, -0.2) is 0 Å². The van der Waals surface area contributed by atoms with Gasteiger partial charge in [0.2, 0.25) is 0 Å². The van der Waals surface area contributed by atoms with Gasteiger partial charge in [-0.05, 0) is 96.7 Å². The second kappa shape index (κ2) is 7.66. The summed E-state index contributed by atoms with van der Waals surface area (Å²) in [4.78, 5) is 0. The van der Waals surface area contributed by atoms with Crippen molar-refractivity contribution in [3.05, 3.63) is 11.1 Å². The molecule has 4 rings (SSSR count). The maximum absolute atomic E-state index is 2.73. The average Bonchev–Trinajstić information content (AvgIpc) is 2.92. The smallest absolute Gasteiger partial charge is 0.00568 e. The van der Waals surface area contributed by atoms with E-state index in [1.54, 1.807) is 0 Å². The van der Waals surface area contributed by atoms with Gasteiger partial charge < -0.3 is 0 Å². The molecule has 6 unspecified atom stereocenters. The van der Waals surface area contributed by atoms with Crippen molar-refractivity contribution < 1.29 is 0 Å². The van der Waals surface area contributed by atoms with Crippen LogP contribution < -0.4 is 0 Å². The van der Waals surface area contributed by atoms with Crippen LogP contribution in [0.5, 0.6) is 0 Å². The monoisotopic (exact) mass is 412 g/mol. The van der Waals surface area contributed by atoms with Crippen LogP contribution in [0.25, 0.3) is 0 Å². The van der Waals surface area contributed by atoms with Crippen LogP contribution >= 0.6 is 0 Å². The molecule has 0 spiro atoms. The number of hydrogen-bond donors (Lipinski definition) is 0. The third kappa shape index (κ3) is 3.28. The Balaban J connectivity index is 1.62. The van der Waals surface area contributed by atoms with Crippen molar-refractivity contribution in [1.29, 1.82) is 0 Å². The first kappa shape index (κ1) is 22.9. The van der Waals surface area contributed by atoms with Crippen LogP contribution in [0.1, 0.15) is 132 Å². The van der Waals surface area contributed by atoms with Crippen LogP contribution in [0, 0.1) is 45.3 Å². The first-order valence-electron chi connectivity index (χ1n) is 13.7. The minimum atomic E-state index is 0.479. The molecule has 0 aromatic heterocycles. The van der Waals surface area contributed by atoms with Gasteiger partial charge in [-0.15, -0.1) is 0 Å². The number of hydrogen-bond acceptors (Lipinski definition) is 0. The Morgan fingerprint density at radius 3 is 2.23 bits per heavy atom. The van der Waals surface area contributed by atoms with Crippen LogP contribution in [0.3, 0.4) is 0 Å². The summed E-state index contributed by atoms with van der Waals surface area (Å²) in [6.45, 7) is 20.7. The molecule has 0 saturated heterocycles. The summed E-state index contributed by atoms with van der Waals surface area (Å²) < 4.78 is 0. The maximum atomic E-state index is 2.73. The van der Waals surface area contributed by atoms with Crippen molar-refractivity contribution in [3.8, 4) is 0 Å². The zero-order valence-electron chi connectivity index (χ0n) is 21.8. The summed E-state index contributed by atoms with van der Waals surface area (Å²) in [6, 6.07) is 0. The lowest BCUT2D eigenvalue weighted by molar-refractivity contribution is -0.0201. The van der Waals surface area contributed by atoms with Crippen LogP contribution in [0.15, 0.2) is 11.1 Å². The Morgan fingerprint density at radius 2 is 1.53 bits per heavy atom. The summed E-state index contributed by atoms with van der Waals surface area (Å²) in [5.41, 5.74) is 6.00. The van der Waals surface area contributed by atoms with E-state index < -0.39 is 0 Å². The van der Waals surface area contributed by atoms with Crippen molar-refractivity contribution in [3.63, 3.8) is 0 Å².